The van der Waals surface area contributed by atoms with E-state index >= 15 is 0 Å². The molecule has 0 saturated heterocycles. The Morgan fingerprint density at radius 1 is 1.33 bits per heavy atom. The molecule has 1 N–H and O–H groups in total. The minimum atomic E-state index is -3.94. The highest BCUT2D eigenvalue weighted by Crippen LogP contribution is 2.22. The Morgan fingerprint density at radius 3 is 2.43 bits per heavy atom. The SMILES string of the molecule is COCc1ccc(C(=O)NC(C)C(C)C)cc1S(=O)(=O)Cl. The molecule has 0 aliphatic rings. The zero-order chi connectivity index (χ0) is 16.2. The molecular formula is C14H20ClNO4S. The molecule has 1 aromatic rings. The first kappa shape index (κ1) is 17.9. The summed E-state index contributed by atoms with van der Waals surface area (Å²) in [5.74, 6) is -0.0559. The van der Waals surface area contributed by atoms with Crippen molar-refractivity contribution >= 4 is 25.6 Å². The van der Waals surface area contributed by atoms with Crippen LogP contribution in [0, 0.1) is 5.92 Å². The van der Waals surface area contributed by atoms with Crippen LogP contribution in [0.2, 0.25) is 0 Å². The van der Waals surface area contributed by atoms with Gasteiger partial charge in [0.2, 0.25) is 0 Å². The van der Waals surface area contributed by atoms with Gasteiger partial charge in [0, 0.05) is 29.4 Å². The van der Waals surface area contributed by atoms with E-state index in [0.29, 0.717) is 5.56 Å². The molecule has 118 valence electrons. The monoisotopic (exact) mass is 333 g/mol. The molecule has 21 heavy (non-hydrogen) atoms. The van der Waals surface area contributed by atoms with E-state index in [9.17, 15) is 13.2 Å². The summed E-state index contributed by atoms with van der Waals surface area (Å²) in [5.41, 5.74) is 0.669. The van der Waals surface area contributed by atoms with Gasteiger partial charge in [0.1, 0.15) is 0 Å². The number of rotatable bonds is 6. The fourth-order valence-electron chi connectivity index (χ4n) is 1.65. The van der Waals surface area contributed by atoms with Crippen molar-refractivity contribution in [3.8, 4) is 0 Å². The maximum absolute atomic E-state index is 12.1. The Labute approximate surface area is 130 Å². The summed E-state index contributed by atoms with van der Waals surface area (Å²) in [5, 5.41) is 2.82. The summed E-state index contributed by atoms with van der Waals surface area (Å²) >= 11 is 0. The van der Waals surface area contributed by atoms with Crippen molar-refractivity contribution in [3.05, 3.63) is 29.3 Å². The van der Waals surface area contributed by atoms with Gasteiger partial charge in [-0.1, -0.05) is 19.9 Å². The van der Waals surface area contributed by atoms with Gasteiger partial charge < -0.3 is 10.1 Å². The number of ether oxygens (including phenoxy) is 1. The van der Waals surface area contributed by atoms with Crippen LogP contribution in [0.5, 0.6) is 0 Å². The van der Waals surface area contributed by atoms with Gasteiger partial charge >= 0.3 is 0 Å². The summed E-state index contributed by atoms with van der Waals surface area (Å²) in [6.07, 6.45) is 0. The topological polar surface area (TPSA) is 72.5 Å². The van der Waals surface area contributed by atoms with Crippen LogP contribution in [0.4, 0.5) is 0 Å². The molecule has 7 heteroatoms. The molecule has 0 saturated carbocycles. The lowest BCUT2D eigenvalue weighted by atomic mass is 10.1. The largest absolute Gasteiger partial charge is 0.380 e. The smallest absolute Gasteiger partial charge is 0.261 e. The molecule has 1 unspecified atom stereocenters. The molecule has 0 heterocycles. The standard InChI is InChI=1S/C14H20ClNO4S/c1-9(2)10(3)16-14(17)11-5-6-12(8-20-4)13(7-11)21(15,18)19/h5-7,9-10H,8H2,1-4H3,(H,16,17). The Bertz CT molecular complexity index is 613. The molecule has 0 radical (unpaired) electrons. The number of hydrogen-bond acceptors (Lipinski definition) is 4. The third-order valence-corrected chi connectivity index (χ3v) is 4.65. The number of hydrogen-bond donors (Lipinski definition) is 1. The van der Waals surface area contributed by atoms with Gasteiger partial charge in [-0.25, -0.2) is 8.42 Å². The van der Waals surface area contributed by atoms with Crippen molar-refractivity contribution in [2.24, 2.45) is 5.92 Å². The lowest BCUT2D eigenvalue weighted by Gasteiger charge is -2.18. The molecule has 0 aromatic heterocycles. The quantitative estimate of drug-likeness (QED) is 0.812. The molecule has 1 amide bonds. The Balaban J connectivity index is 3.14. The molecule has 0 bridgehead atoms. The first-order valence-corrected chi connectivity index (χ1v) is 8.85. The number of benzene rings is 1. The zero-order valence-electron chi connectivity index (χ0n) is 12.5. The second-order valence-corrected chi connectivity index (χ2v) is 7.73. The lowest BCUT2D eigenvalue weighted by molar-refractivity contribution is 0.0930. The van der Waals surface area contributed by atoms with Crippen molar-refractivity contribution in [1.82, 2.24) is 5.32 Å². The minimum Gasteiger partial charge on any atom is -0.380 e. The molecule has 5 nitrogen and oxygen atoms in total. The van der Waals surface area contributed by atoms with Crippen LogP contribution in [0.1, 0.15) is 36.7 Å². The van der Waals surface area contributed by atoms with E-state index in [-0.39, 0.29) is 34.9 Å². The molecule has 1 atom stereocenters. The maximum Gasteiger partial charge on any atom is 0.261 e. The minimum absolute atomic E-state index is 0.0211. The van der Waals surface area contributed by atoms with Crippen LogP contribution in [0.15, 0.2) is 23.1 Å². The Kier molecular flexibility index (Phi) is 6.19. The van der Waals surface area contributed by atoms with Gasteiger partial charge in [-0.3, -0.25) is 4.79 Å². The third kappa shape index (κ3) is 4.98. The summed E-state index contributed by atoms with van der Waals surface area (Å²) in [6.45, 7) is 5.97. The van der Waals surface area contributed by atoms with Gasteiger partial charge in [-0.15, -0.1) is 0 Å². The number of amides is 1. The zero-order valence-corrected chi connectivity index (χ0v) is 14.1. The van der Waals surface area contributed by atoms with E-state index < -0.39 is 9.05 Å². The number of nitrogens with one attached hydrogen (secondary N) is 1. The highest BCUT2D eigenvalue weighted by Gasteiger charge is 2.19. The average molecular weight is 334 g/mol. The molecular weight excluding hydrogens is 314 g/mol. The molecule has 1 rings (SSSR count). The van der Waals surface area contributed by atoms with Crippen molar-refractivity contribution in [3.63, 3.8) is 0 Å². The van der Waals surface area contributed by atoms with Crippen LogP contribution in [0.25, 0.3) is 0 Å². The van der Waals surface area contributed by atoms with E-state index in [2.05, 4.69) is 5.32 Å². The Morgan fingerprint density at radius 2 is 1.95 bits per heavy atom. The van der Waals surface area contributed by atoms with Crippen molar-refractivity contribution in [2.45, 2.75) is 38.3 Å². The van der Waals surface area contributed by atoms with Gasteiger partial charge in [-0.2, -0.15) is 0 Å². The predicted octanol–water partition coefficient (Wildman–Crippen LogP) is 2.53. The number of carbonyl (C=O) groups is 1. The fraction of sp³-hybridized carbons (Fsp3) is 0.500. The van der Waals surface area contributed by atoms with Crippen LogP contribution in [0.3, 0.4) is 0 Å². The van der Waals surface area contributed by atoms with E-state index in [4.69, 9.17) is 15.4 Å². The van der Waals surface area contributed by atoms with Crippen LogP contribution in [-0.4, -0.2) is 27.5 Å². The lowest BCUT2D eigenvalue weighted by Crippen LogP contribution is -2.36. The van der Waals surface area contributed by atoms with Gasteiger partial charge in [0.15, 0.2) is 0 Å². The third-order valence-electron chi connectivity index (χ3n) is 3.25. The highest BCUT2D eigenvalue weighted by molar-refractivity contribution is 8.13. The van der Waals surface area contributed by atoms with Crippen molar-refractivity contribution in [1.29, 1.82) is 0 Å². The average Bonchev–Trinajstić information content (AvgIpc) is 2.37. The van der Waals surface area contributed by atoms with Crippen molar-refractivity contribution < 1.29 is 17.9 Å². The van der Waals surface area contributed by atoms with Gasteiger partial charge in [0.05, 0.1) is 11.5 Å². The summed E-state index contributed by atoms with van der Waals surface area (Å²) in [4.78, 5) is 12.0. The molecule has 0 spiro atoms. The molecule has 0 aliphatic heterocycles. The van der Waals surface area contributed by atoms with Crippen LogP contribution >= 0.6 is 10.7 Å². The van der Waals surface area contributed by atoms with E-state index in [1.165, 1.54) is 19.2 Å². The van der Waals surface area contributed by atoms with Crippen LogP contribution in [-0.2, 0) is 20.4 Å². The number of halogens is 1. The van der Waals surface area contributed by atoms with Gasteiger partial charge in [0.25, 0.3) is 15.0 Å². The second kappa shape index (κ2) is 7.24. The second-order valence-electron chi connectivity index (χ2n) is 5.20. The fourth-order valence-corrected chi connectivity index (χ4v) is 2.79. The molecule has 1 aromatic carbocycles. The normalized spacial score (nSPS) is 13.2. The number of methoxy groups -OCH3 is 1. The summed E-state index contributed by atoms with van der Waals surface area (Å²) < 4.78 is 28.2. The Hall–Kier alpha value is -1.11. The maximum atomic E-state index is 12.1. The van der Waals surface area contributed by atoms with Crippen molar-refractivity contribution in [2.75, 3.05) is 7.11 Å². The summed E-state index contributed by atoms with van der Waals surface area (Å²) in [6, 6.07) is 4.35. The van der Waals surface area contributed by atoms with E-state index in [1.807, 2.05) is 20.8 Å². The number of carbonyl (C=O) groups excluding carboxylic acids is 1. The first-order chi connectivity index (χ1) is 9.66. The highest BCUT2D eigenvalue weighted by atomic mass is 35.7. The molecule has 0 aliphatic carbocycles. The predicted molar refractivity (Wildman–Crippen MR) is 82.0 cm³/mol. The van der Waals surface area contributed by atoms with Crippen LogP contribution < -0.4 is 5.32 Å². The van der Waals surface area contributed by atoms with E-state index in [1.54, 1.807) is 6.07 Å². The first-order valence-electron chi connectivity index (χ1n) is 6.54. The van der Waals surface area contributed by atoms with Gasteiger partial charge in [-0.05, 0) is 30.5 Å². The van der Waals surface area contributed by atoms with E-state index in [0.717, 1.165) is 0 Å². The molecule has 0 fully saturated rings. The summed E-state index contributed by atoms with van der Waals surface area (Å²) in [7, 11) is 2.93.